The molecule has 26 heavy (non-hydrogen) atoms. The first-order valence-corrected chi connectivity index (χ1v) is 9.98. The molecule has 0 aliphatic carbocycles. The molecule has 0 amide bonds. The first kappa shape index (κ1) is 20.7. The molecule has 6 nitrogen and oxygen atoms in total. The highest BCUT2D eigenvalue weighted by molar-refractivity contribution is 9.10. The van der Waals surface area contributed by atoms with Crippen molar-refractivity contribution in [3.05, 3.63) is 57.0 Å². The predicted octanol–water partition coefficient (Wildman–Crippen LogP) is 3.72. The Bertz CT molecular complexity index is 933. The van der Waals surface area contributed by atoms with Gasteiger partial charge in [-0.1, -0.05) is 11.6 Å². The Labute approximate surface area is 165 Å². The molecule has 0 radical (unpaired) electrons. The fourth-order valence-corrected chi connectivity index (χ4v) is 4.09. The van der Waals surface area contributed by atoms with Crippen LogP contribution in [0.5, 0.6) is 5.75 Å². The summed E-state index contributed by atoms with van der Waals surface area (Å²) in [7, 11) is 0.318. The number of benzene rings is 2. The second kappa shape index (κ2) is 8.39. The van der Waals surface area contributed by atoms with Gasteiger partial charge in [0.15, 0.2) is 0 Å². The standard InChI is InChI=1S/C17H17BrClNO5S/c1-20(10-11-8-12(19)4-7-16(11)24-2)26(22,23)13-5-6-15(18)14(9-13)17(21)25-3/h4-9H,10H2,1-3H3. The lowest BCUT2D eigenvalue weighted by Crippen LogP contribution is -2.27. The number of esters is 1. The van der Waals surface area contributed by atoms with Crippen molar-refractivity contribution >= 4 is 43.5 Å². The van der Waals surface area contributed by atoms with E-state index in [-0.39, 0.29) is 17.0 Å². The molecule has 0 saturated heterocycles. The largest absolute Gasteiger partial charge is 0.496 e. The van der Waals surface area contributed by atoms with E-state index in [9.17, 15) is 13.2 Å². The van der Waals surface area contributed by atoms with Crippen molar-refractivity contribution in [2.75, 3.05) is 21.3 Å². The van der Waals surface area contributed by atoms with E-state index in [1.165, 1.54) is 39.5 Å². The van der Waals surface area contributed by atoms with E-state index in [4.69, 9.17) is 16.3 Å². The normalized spacial score (nSPS) is 11.5. The zero-order valence-electron chi connectivity index (χ0n) is 14.3. The van der Waals surface area contributed by atoms with E-state index in [0.29, 0.717) is 20.8 Å². The highest BCUT2D eigenvalue weighted by Gasteiger charge is 2.24. The summed E-state index contributed by atoms with van der Waals surface area (Å²) in [6.45, 7) is 0.0513. The second-order valence-electron chi connectivity index (χ2n) is 5.35. The topological polar surface area (TPSA) is 72.9 Å². The lowest BCUT2D eigenvalue weighted by molar-refractivity contribution is 0.0599. The summed E-state index contributed by atoms with van der Waals surface area (Å²) in [4.78, 5) is 11.8. The van der Waals surface area contributed by atoms with Crippen LogP contribution in [0.3, 0.4) is 0 Å². The van der Waals surface area contributed by atoms with Gasteiger partial charge in [-0.15, -0.1) is 0 Å². The minimum absolute atomic E-state index is 0.0235. The number of hydrogen-bond acceptors (Lipinski definition) is 5. The molecule has 0 fully saturated rings. The SMILES string of the molecule is COC(=O)c1cc(S(=O)(=O)N(C)Cc2cc(Cl)ccc2OC)ccc1Br. The highest BCUT2D eigenvalue weighted by Crippen LogP contribution is 2.27. The van der Waals surface area contributed by atoms with Crippen molar-refractivity contribution in [2.45, 2.75) is 11.4 Å². The Morgan fingerprint density at radius 3 is 2.50 bits per heavy atom. The zero-order valence-corrected chi connectivity index (χ0v) is 17.5. The molecule has 2 rings (SSSR count). The summed E-state index contributed by atoms with van der Waals surface area (Å²) in [5.41, 5.74) is 0.749. The third-order valence-electron chi connectivity index (χ3n) is 3.69. The van der Waals surface area contributed by atoms with Crippen LogP contribution in [-0.2, 0) is 21.3 Å². The average molecular weight is 463 g/mol. The highest BCUT2D eigenvalue weighted by atomic mass is 79.9. The smallest absolute Gasteiger partial charge is 0.339 e. The van der Waals surface area contributed by atoms with E-state index < -0.39 is 16.0 Å². The molecule has 2 aromatic carbocycles. The first-order chi connectivity index (χ1) is 12.2. The summed E-state index contributed by atoms with van der Waals surface area (Å²) >= 11 is 9.21. The maximum atomic E-state index is 12.9. The molecule has 0 unspecified atom stereocenters. The Balaban J connectivity index is 2.38. The number of carbonyl (C=O) groups is 1. The van der Waals surface area contributed by atoms with Crippen LogP contribution in [0.1, 0.15) is 15.9 Å². The predicted molar refractivity (Wildman–Crippen MR) is 102 cm³/mol. The van der Waals surface area contributed by atoms with E-state index in [0.717, 1.165) is 4.31 Å². The molecule has 0 aliphatic heterocycles. The van der Waals surface area contributed by atoms with Crippen molar-refractivity contribution in [3.63, 3.8) is 0 Å². The minimum Gasteiger partial charge on any atom is -0.496 e. The van der Waals surface area contributed by atoms with Gasteiger partial charge in [0.25, 0.3) is 0 Å². The van der Waals surface area contributed by atoms with Gasteiger partial charge in [0.05, 0.1) is 24.7 Å². The van der Waals surface area contributed by atoms with Crippen LogP contribution in [0.4, 0.5) is 0 Å². The Hall–Kier alpha value is -1.61. The molecule has 2 aromatic rings. The fraction of sp³-hybridized carbons (Fsp3) is 0.235. The van der Waals surface area contributed by atoms with Crippen LogP contribution in [0.25, 0.3) is 0 Å². The number of methoxy groups -OCH3 is 2. The summed E-state index contributed by atoms with van der Waals surface area (Å²) < 4.78 is 37.3. The van der Waals surface area contributed by atoms with Crippen molar-refractivity contribution in [1.82, 2.24) is 4.31 Å². The molecule has 140 valence electrons. The first-order valence-electron chi connectivity index (χ1n) is 7.37. The van der Waals surface area contributed by atoms with Crippen LogP contribution in [-0.4, -0.2) is 40.0 Å². The minimum atomic E-state index is -3.85. The molecule has 0 aromatic heterocycles. The van der Waals surface area contributed by atoms with Crippen LogP contribution in [0, 0.1) is 0 Å². The molecule has 9 heteroatoms. The number of ether oxygens (including phenoxy) is 2. The van der Waals surface area contributed by atoms with Gasteiger partial charge in [-0.25, -0.2) is 13.2 Å². The average Bonchev–Trinajstić information content (AvgIpc) is 2.61. The lowest BCUT2D eigenvalue weighted by Gasteiger charge is -2.19. The molecule has 0 atom stereocenters. The van der Waals surface area contributed by atoms with E-state index in [2.05, 4.69) is 20.7 Å². The number of carbonyl (C=O) groups excluding carboxylic acids is 1. The molecule has 0 N–H and O–H groups in total. The van der Waals surface area contributed by atoms with Crippen LogP contribution in [0.2, 0.25) is 5.02 Å². The number of nitrogens with zero attached hydrogens (tertiary/aromatic N) is 1. The number of rotatable bonds is 6. The maximum absolute atomic E-state index is 12.9. The Morgan fingerprint density at radius 1 is 1.19 bits per heavy atom. The van der Waals surface area contributed by atoms with Crippen LogP contribution >= 0.6 is 27.5 Å². The number of sulfonamides is 1. The Morgan fingerprint density at radius 2 is 1.88 bits per heavy atom. The van der Waals surface area contributed by atoms with E-state index >= 15 is 0 Å². The van der Waals surface area contributed by atoms with Gasteiger partial charge in [0, 0.05) is 28.7 Å². The summed E-state index contributed by atoms with van der Waals surface area (Å²) in [6.07, 6.45) is 0. The molecule has 0 heterocycles. The molecule has 0 aliphatic rings. The van der Waals surface area contributed by atoms with Gasteiger partial charge < -0.3 is 9.47 Å². The maximum Gasteiger partial charge on any atom is 0.339 e. The third kappa shape index (κ3) is 4.37. The zero-order chi connectivity index (χ0) is 19.5. The quantitative estimate of drug-likeness (QED) is 0.612. The van der Waals surface area contributed by atoms with Gasteiger partial charge >= 0.3 is 5.97 Å². The van der Waals surface area contributed by atoms with Crippen LogP contribution in [0.15, 0.2) is 45.8 Å². The third-order valence-corrected chi connectivity index (χ3v) is 6.41. The monoisotopic (exact) mass is 461 g/mol. The second-order valence-corrected chi connectivity index (χ2v) is 8.69. The lowest BCUT2D eigenvalue weighted by atomic mass is 10.2. The van der Waals surface area contributed by atoms with Crippen molar-refractivity contribution in [1.29, 1.82) is 0 Å². The van der Waals surface area contributed by atoms with Gasteiger partial charge in [-0.2, -0.15) is 4.31 Å². The fourth-order valence-electron chi connectivity index (χ4n) is 2.31. The van der Waals surface area contributed by atoms with E-state index in [1.54, 1.807) is 18.2 Å². The summed E-state index contributed by atoms with van der Waals surface area (Å²) in [5.74, 6) is -0.101. The van der Waals surface area contributed by atoms with Gasteiger partial charge in [0.1, 0.15) is 5.75 Å². The van der Waals surface area contributed by atoms with Crippen LogP contribution < -0.4 is 4.74 Å². The number of halogens is 2. The molecule has 0 bridgehead atoms. The van der Waals surface area contributed by atoms with Crippen molar-refractivity contribution in [3.8, 4) is 5.75 Å². The molecule has 0 spiro atoms. The molecular weight excluding hydrogens is 446 g/mol. The van der Waals surface area contributed by atoms with Crippen molar-refractivity contribution < 1.29 is 22.7 Å². The summed E-state index contributed by atoms with van der Waals surface area (Å²) in [6, 6.07) is 9.16. The van der Waals surface area contributed by atoms with Crippen molar-refractivity contribution in [2.24, 2.45) is 0 Å². The molecular formula is C17H17BrClNO5S. The Kier molecular flexibility index (Phi) is 6.68. The van der Waals surface area contributed by atoms with Gasteiger partial charge in [0.2, 0.25) is 10.0 Å². The number of hydrogen-bond donors (Lipinski definition) is 0. The molecule has 0 saturated carbocycles. The van der Waals surface area contributed by atoms with E-state index in [1.807, 2.05) is 0 Å². The van der Waals surface area contributed by atoms with Gasteiger partial charge in [-0.3, -0.25) is 0 Å². The summed E-state index contributed by atoms with van der Waals surface area (Å²) in [5, 5.41) is 0.475. The van der Waals surface area contributed by atoms with Gasteiger partial charge in [-0.05, 0) is 52.3 Å².